The molecule has 0 bridgehead atoms. The molecular formula is C18H22N2O4S. The van der Waals surface area contributed by atoms with Gasteiger partial charge in [-0.25, -0.2) is 12.7 Å². The molecule has 25 heavy (non-hydrogen) atoms. The maximum absolute atomic E-state index is 12.1. The van der Waals surface area contributed by atoms with Gasteiger partial charge in [0.15, 0.2) is 6.61 Å². The topological polar surface area (TPSA) is 66.9 Å². The van der Waals surface area contributed by atoms with E-state index in [-0.39, 0.29) is 17.4 Å². The fourth-order valence-electron chi connectivity index (χ4n) is 2.12. The van der Waals surface area contributed by atoms with E-state index in [1.54, 1.807) is 24.1 Å². The van der Waals surface area contributed by atoms with Crippen molar-refractivity contribution in [3.63, 3.8) is 0 Å². The van der Waals surface area contributed by atoms with Crippen LogP contribution in [0.25, 0.3) is 0 Å². The van der Waals surface area contributed by atoms with Crippen molar-refractivity contribution in [3.8, 4) is 5.75 Å². The van der Waals surface area contributed by atoms with Crippen LogP contribution >= 0.6 is 0 Å². The fourth-order valence-corrected chi connectivity index (χ4v) is 3.02. The Morgan fingerprint density at radius 1 is 0.960 bits per heavy atom. The summed E-state index contributed by atoms with van der Waals surface area (Å²) in [6.45, 7) is 0.395. The van der Waals surface area contributed by atoms with E-state index in [2.05, 4.69) is 0 Å². The third kappa shape index (κ3) is 5.04. The molecule has 134 valence electrons. The van der Waals surface area contributed by atoms with Gasteiger partial charge in [0.1, 0.15) is 5.75 Å². The largest absolute Gasteiger partial charge is 0.484 e. The lowest BCUT2D eigenvalue weighted by Crippen LogP contribution is -2.30. The first kappa shape index (κ1) is 19.0. The molecule has 0 aliphatic carbocycles. The molecule has 2 aromatic carbocycles. The van der Waals surface area contributed by atoms with Gasteiger partial charge in [0.25, 0.3) is 5.91 Å². The lowest BCUT2D eigenvalue weighted by Gasteiger charge is -2.17. The maximum atomic E-state index is 12.1. The molecule has 0 aromatic heterocycles. The number of carbonyl (C=O) groups excluding carboxylic acids is 1. The highest BCUT2D eigenvalue weighted by Crippen LogP contribution is 2.18. The van der Waals surface area contributed by atoms with Crippen LogP contribution in [0.4, 0.5) is 0 Å². The second-order valence-corrected chi connectivity index (χ2v) is 7.93. The lowest BCUT2D eigenvalue weighted by molar-refractivity contribution is -0.132. The number of benzene rings is 2. The number of sulfonamides is 1. The molecule has 0 saturated heterocycles. The maximum Gasteiger partial charge on any atom is 0.260 e. The standard InChI is InChI=1S/C18H22N2O4S/c1-19(2)25(22,23)17-11-9-16(10-12-17)24-14-18(21)20(3)13-15-7-5-4-6-8-15/h4-12H,13-14H2,1-3H3. The molecule has 0 heterocycles. The molecule has 6 nitrogen and oxygen atoms in total. The highest BCUT2D eigenvalue weighted by molar-refractivity contribution is 7.89. The van der Waals surface area contributed by atoms with Crippen LogP contribution in [0, 0.1) is 0 Å². The van der Waals surface area contributed by atoms with Gasteiger partial charge in [0.05, 0.1) is 4.90 Å². The third-order valence-corrected chi connectivity index (χ3v) is 5.48. The fraction of sp³-hybridized carbons (Fsp3) is 0.278. The van der Waals surface area contributed by atoms with Crippen molar-refractivity contribution in [1.82, 2.24) is 9.21 Å². The van der Waals surface area contributed by atoms with E-state index in [0.29, 0.717) is 12.3 Å². The van der Waals surface area contributed by atoms with Crippen LogP contribution in [0.2, 0.25) is 0 Å². The average molecular weight is 362 g/mol. The van der Waals surface area contributed by atoms with E-state index >= 15 is 0 Å². The van der Waals surface area contributed by atoms with Crippen molar-refractivity contribution in [2.45, 2.75) is 11.4 Å². The van der Waals surface area contributed by atoms with Crippen molar-refractivity contribution in [3.05, 3.63) is 60.2 Å². The molecule has 0 N–H and O–H groups in total. The van der Waals surface area contributed by atoms with Gasteiger partial charge in [-0.2, -0.15) is 0 Å². The van der Waals surface area contributed by atoms with E-state index in [1.807, 2.05) is 30.3 Å². The Bertz CT molecular complexity index is 803. The van der Waals surface area contributed by atoms with E-state index in [1.165, 1.54) is 26.2 Å². The Balaban J connectivity index is 1.91. The number of hydrogen-bond donors (Lipinski definition) is 0. The van der Waals surface area contributed by atoms with Crippen molar-refractivity contribution < 1.29 is 17.9 Å². The van der Waals surface area contributed by atoms with Crippen LogP contribution in [0.5, 0.6) is 5.75 Å². The van der Waals surface area contributed by atoms with E-state index < -0.39 is 10.0 Å². The molecule has 0 aliphatic rings. The minimum absolute atomic E-state index is 0.108. The number of amides is 1. The highest BCUT2D eigenvalue weighted by atomic mass is 32.2. The number of hydrogen-bond acceptors (Lipinski definition) is 4. The second-order valence-electron chi connectivity index (χ2n) is 5.78. The predicted molar refractivity (Wildman–Crippen MR) is 95.7 cm³/mol. The van der Waals surface area contributed by atoms with E-state index in [9.17, 15) is 13.2 Å². The van der Waals surface area contributed by atoms with E-state index in [4.69, 9.17) is 4.74 Å². The monoisotopic (exact) mass is 362 g/mol. The number of ether oxygens (including phenoxy) is 1. The number of rotatable bonds is 7. The highest BCUT2D eigenvalue weighted by Gasteiger charge is 2.17. The molecule has 1 amide bonds. The summed E-state index contributed by atoms with van der Waals surface area (Å²) in [5.41, 5.74) is 1.04. The van der Waals surface area contributed by atoms with Crippen molar-refractivity contribution >= 4 is 15.9 Å². The smallest absolute Gasteiger partial charge is 0.260 e. The first-order valence-corrected chi connectivity index (χ1v) is 9.18. The van der Waals surface area contributed by atoms with Crippen LogP contribution < -0.4 is 4.74 Å². The van der Waals surface area contributed by atoms with Crippen LogP contribution in [-0.4, -0.2) is 51.3 Å². The van der Waals surface area contributed by atoms with Gasteiger partial charge in [-0.15, -0.1) is 0 Å². The van der Waals surface area contributed by atoms with Gasteiger partial charge >= 0.3 is 0 Å². The molecule has 0 fully saturated rings. The molecule has 7 heteroatoms. The summed E-state index contributed by atoms with van der Waals surface area (Å²) in [6.07, 6.45) is 0. The third-order valence-electron chi connectivity index (χ3n) is 3.65. The summed E-state index contributed by atoms with van der Waals surface area (Å²) in [5.74, 6) is 0.285. The van der Waals surface area contributed by atoms with E-state index in [0.717, 1.165) is 9.87 Å². The zero-order chi connectivity index (χ0) is 18.4. The summed E-state index contributed by atoms with van der Waals surface area (Å²) in [5, 5.41) is 0. The Kier molecular flexibility index (Phi) is 6.17. The van der Waals surface area contributed by atoms with Crippen molar-refractivity contribution in [1.29, 1.82) is 0 Å². The van der Waals surface area contributed by atoms with Crippen LogP contribution in [0.1, 0.15) is 5.56 Å². The molecule has 0 aliphatic heterocycles. The summed E-state index contributed by atoms with van der Waals surface area (Å²) < 4.78 is 30.6. The van der Waals surface area contributed by atoms with Gasteiger partial charge in [-0.1, -0.05) is 30.3 Å². The molecule has 0 radical (unpaired) electrons. The number of carbonyl (C=O) groups is 1. The van der Waals surface area contributed by atoms with Crippen LogP contribution in [0.15, 0.2) is 59.5 Å². The van der Waals surface area contributed by atoms with Crippen molar-refractivity contribution in [2.24, 2.45) is 0 Å². The molecule has 2 aromatic rings. The summed E-state index contributed by atoms with van der Waals surface area (Å²) in [7, 11) is 1.19. The zero-order valence-electron chi connectivity index (χ0n) is 14.5. The molecule has 0 spiro atoms. The first-order chi connectivity index (χ1) is 11.8. The van der Waals surface area contributed by atoms with Gasteiger partial charge in [-0.3, -0.25) is 4.79 Å². The van der Waals surface area contributed by atoms with Gasteiger partial charge in [0, 0.05) is 27.7 Å². The van der Waals surface area contributed by atoms with Crippen LogP contribution in [-0.2, 0) is 21.4 Å². The SMILES string of the molecule is CN(Cc1ccccc1)C(=O)COc1ccc(S(=O)(=O)N(C)C)cc1. The van der Waals surface area contributed by atoms with Crippen molar-refractivity contribution in [2.75, 3.05) is 27.7 Å². The Hall–Kier alpha value is -2.38. The Morgan fingerprint density at radius 3 is 2.12 bits per heavy atom. The van der Waals surface area contributed by atoms with Crippen LogP contribution in [0.3, 0.4) is 0 Å². The van der Waals surface area contributed by atoms with Gasteiger partial charge < -0.3 is 9.64 Å². The molecule has 0 atom stereocenters. The second kappa shape index (κ2) is 8.13. The summed E-state index contributed by atoms with van der Waals surface area (Å²) in [4.78, 5) is 13.9. The van der Waals surface area contributed by atoms with Gasteiger partial charge in [0.2, 0.25) is 10.0 Å². The Labute approximate surface area is 148 Å². The molecular weight excluding hydrogens is 340 g/mol. The Morgan fingerprint density at radius 2 is 1.56 bits per heavy atom. The quantitative estimate of drug-likeness (QED) is 0.755. The lowest BCUT2D eigenvalue weighted by atomic mass is 10.2. The normalized spacial score (nSPS) is 11.4. The summed E-state index contributed by atoms with van der Waals surface area (Å²) >= 11 is 0. The first-order valence-electron chi connectivity index (χ1n) is 7.74. The number of nitrogens with zero attached hydrogens (tertiary/aromatic N) is 2. The summed E-state index contributed by atoms with van der Waals surface area (Å²) in [6, 6.07) is 15.7. The molecule has 2 rings (SSSR count). The molecule has 0 saturated carbocycles. The minimum atomic E-state index is -3.47. The molecule has 0 unspecified atom stereocenters. The minimum Gasteiger partial charge on any atom is -0.484 e. The van der Waals surface area contributed by atoms with Gasteiger partial charge in [-0.05, 0) is 29.8 Å². The number of likely N-dealkylation sites (N-methyl/N-ethyl adjacent to an activating group) is 1. The zero-order valence-corrected chi connectivity index (χ0v) is 15.4. The average Bonchev–Trinajstić information content (AvgIpc) is 2.60. The predicted octanol–water partition coefficient (Wildman–Crippen LogP) is 1.97.